The second kappa shape index (κ2) is 16.0. The van der Waals surface area contributed by atoms with Crippen molar-refractivity contribution in [2.45, 2.75) is 90.1 Å². The maximum Gasteiger partial charge on any atom is 0.410 e. The average Bonchev–Trinajstić information content (AvgIpc) is 3.42. The van der Waals surface area contributed by atoms with Crippen molar-refractivity contribution >= 4 is 42.4 Å². The van der Waals surface area contributed by atoms with Crippen molar-refractivity contribution in [2.75, 3.05) is 40.4 Å². The molecule has 4 heterocycles. The van der Waals surface area contributed by atoms with Crippen LogP contribution in [0.1, 0.15) is 68.7 Å². The summed E-state index contributed by atoms with van der Waals surface area (Å²) in [4.78, 5) is 67.1. The van der Waals surface area contributed by atoms with Crippen LogP contribution in [0.15, 0.2) is 36.4 Å². The summed E-state index contributed by atoms with van der Waals surface area (Å²) in [5, 5.41) is 8.99. The Morgan fingerprint density at radius 1 is 0.712 bits per heavy atom. The number of hydrogen-bond donors (Lipinski definition) is 3. The van der Waals surface area contributed by atoms with E-state index in [-0.39, 0.29) is 43.3 Å². The van der Waals surface area contributed by atoms with Gasteiger partial charge in [-0.25, -0.2) is 14.4 Å². The first-order chi connectivity index (χ1) is 24.1. The Labute approximate surface area is 311 Å². The molecule has 0 bridgehead atoms. The number of rotatable bonds is 6. The fraction of sp³-hybridized carbons (Fsp3) is 0.541. The van der Waals surface area contributed by atoms with Gasteiger partial charge in [-0.05, 0) is 120 Å². The topological polar surface area (TPSA) is 159 Å². The van der Waals surface area contributed by atoms with Gasteiger partial charge in [-0.3, -0.25) is 19.4 Å². The highest BCUT2D eigenvalue weighted by Gasteiger charge is 2.53. The lowest BCUT2D eigenvalue weighted by Gasteiger charge is -2.37. The summed E-state index contributed by atoms with van der Waals surface area (Å²) in [6.45, 7) is 12.0. The molecule has 3 N–H and O–H groups in total. The first-order valence-corrected chi connectivity index (χ1v) is 17.3. The van der Waals surface area contributed by atoms with Gasteiger partial charge in [-0.15, -0.1) is 12.4 Å². The van der Waals surface area contributed by atoms with E-state index in [9.17, 15) is 24.0 Å². The number of nitrogens with zero attached hydrogens (tertiary/aromatic N) is 3. The lowest BCUT2D eigenvalue weighted by Crippen LogP contribution is -2.56. The van der Waals surface area contributed by atoms with Gasteiger partial charge >= 0.3 is 18.2 Å². The van der Waals surface area contributed by atoms with Crippen molar-refractivity contribution in [1.82, 2.24) is 30.7 Å². The Balaban J connectivity index is 0.000000236. The molecule has 2 aromatic rings. The third kappa shape index (κ3) is 8.90. The van der Waals surface area contributed by atoms with Crippen LogP contribution in [-0.2, 0) is 27.4 Å². The van der Waals surface area contributed by atoms with Crippen LogP contribution in [0.25, 0.3) is 0 Å². The van der Waals surface area contributed by atoms with Crippen molar-refractivity contribution in [1.29, 1.82) is 0 Å². The highest BCUT2D eigenvalue weighted by atomic mass is 35.5. The fourth-order valence-corrected chi connectivity index (χ4v) is 7.00. The van der Waals surface area contributed by atoms with Crippen LogP contribution < -0.4 is 25.4 Å². The fourth-order valence-electron chi connectivity index (χ4n) is 7.00. The highest BCUT2D eigenvalue weighted by Crippen LogP contribution is 2.32. The predicted molar refractivity (Wildman–Crippen MR) is 195 cm³/mol. The maximum absolute atomic E-state index is 13.1. The molecule has 0 aromatic heterocycles. The van der Waals surface area contributed by atoms with Crippen molar-refractivity contribution in [2.24, 2.45) is 0 Å². The zero-order chi connectivity index (χ0) is 37.1. The van der Waals surface area contributed by atoms with Crippen molar-refractivity contribution < 1.29 is 38.2 Å². The van der Waals surface area contributed by atoms with E-state index < -0.39 is 28.8 Å². The number of likely N-dealkylation sites (tertiary alicyclic amines) is 1. The molecule has 4 aliphatic rings. The number of piperidine rings is 2. The molecule has 4 fully saturated rings. The predicted octanol–water partition coefficient (Wildman–Crippen LogP) is 4.42. The van der Waals surface area contributed by atoms with E-state index in [1.165, 1.54) is 9.80 Å². The Bertz CT molecular complexity index is 1680. The minimum absolute atomic E-state index is 0. The number of amides is 7. The smallest absolute Gasteiger partial charge is 0.410 e. The first kappa shape index (κ1) is 40.2. The molecular weight excluding hydrogens is 692 g/mol. The number of methoxy groups -OCH3 is 2. The molecule has 0 unspecified atom stereocenters. The Morgan fingerprint density at radius 3 is 1.54 bits per heavy atom. The molecule has 7 amide bonds. The molecular formula is C37H51ClN6O8. The molecule has 2 spiro atoms. The summed E-state index contributed by atoms with van der Waals surface area (Å²) in [5.74, 6) is 1.07. The second-order valence-corrected chi connectivity index (χ2v) is 14.7. The van der Waals surface area contributed by atoms with E-state index in [0.717, 1.165) is 41.1 Å². The molecule has 52 heavy (non-hydrogen) atoms. The standard InChI is InChI=1S/C21H29N3O5.C16H21N3O3.ClH/c1-14-10-15(12-16(11-14)28-5)13-24-17(25)21(22-18(24)26)6-8-23(9-7-21)19(27)29-20(2,3)4;1-11-7-12(9-13(8-11)22-2)10-19-14(20)16(18-15(19)21)3-5-17-6-4-16;/h10-12H,6-9,13H2,1-5H3,(H,22,26);7-9,17H,3-6,10H2,1-2H3,(H,18,21);1H. The number of ether oxygens (including phenoxy) is 3. The minimum atomic E-state index is -0.955. The largest absolute Gasteiger partial charge is 0.497 e. The second-order valence-electron chi connectivity index (χ2n) is 14.7. The van der Waals surface area contributed by atoms with Gasteiger partial charge < -0.3 is 35.1 Å². The van der Waals surface area contributed by atoms with E-state index >= 15 is 0 Å². The number of urea groups is 2. The molecule has 6 rings (SSSR count). The lowest BCUT2D eigenvalue weighted by molar-refractivity contribution is -0.133. The van der Waals surface area contributed by atoms with Gasteiger partial charge in [0.25, 0.3) is 11.8 Å². The van der Waals surface area contributed by atoms with Crippen LogP contribution in [-0.4, -0.2) is 102 Å². The van der Waals surface area contributed by atoms with Crippen LogP contribution in [0.3, 0.4) is 0 Å². The number of imide groups is 2. The maximum atomic E-state index is 13.1. The third-order valence-electron chi connectivity index (χ3n) is 9.59. The van der Waals surface area contributed by atoms with Gasteiger partial charge in [0.15, 0.2) is 0 Å². The van der Waals surface area contributed by atoms with E-state index in [1.807, 2.05) is 71.0 Å². The van der Waals surface area contributed by atoms with Gasteiger partial charge in [0.1, 0.15) is 28.2 Å². The molecule has 0 radical (unpaired) electrons. The zero-order valence-corrected chi connectivity index (χ0v) is 31.9. The lowest BCUT2D eigenvalue weighted by atomic mass is 9.87. The summed E-state index contributed by atoms with van der Waals surface area (Å²) < 4.78 is 15.9. The normalized spacial score (nSPS) is 19.1. The summed E-state index contributed by atoms with van der Waals surface area (Å²) in [6, 6.07) is 10.7. The molecule has 2 aromatic carbocycles. The van der Waals surface area contributed by atoms with Crippen LogP contribution in [0, 0.1) is 13.8 Å². The number of nitrogens with one attached hydrogen (secondary N) is 3. The number of aryl methyl sites for hydroxylation is 2. The van der Waals surface area contributed by atoms with Gasteiger partial charge in [0.05, 0.1) is 27.3 Å². The third-order valence-corrected chi connectivity index (χ3v) is 9.59. The minimum Gasteiger partial charge on any atom is -0.497 e. The summed E-state index contributed by atoms with van der Waals surface area (Å²) >= 11 is 0. The number of halogens is 1. The van der Waals surface area contributed by atoms with Gasteiger partial charge in [-0.1, -0.05) is 12.1 Å². The van der Waals surface area contributed by atoms with Crippen LogP contribution in [0.5, 0.6) is 11.5 Å². The first-order valence-electron chi connectivity index (χ1n) is 17.3. The molecule has 0 atom stereocenters. The molecule has 4 saturated heterocycles. The SMILES string of the molecule is COc1cc(C)cc(CN2C(=O)NC3(CCN(C(=O)OC(C)(C)C)CC3)C2=O)c1.COc1cc(C)cc(CN2C(=O)NC3(CCNCC3)C2=O)c1.Cl. The molecule has 14 nitrogen and oxygen atoms in total. The average molecular weight is 743 g/mol. The number of benzene rings is 2. The number of hydrogen-bond acceptors (Lipinski definition) is 9. The van der Waals surface area contributed by atoms with Gasteiger partial charge in [-0.2, -0.15) is 0 Å². The zero-order valence-electron chi connectivity index (χ0n) is 31.1. The molecule has 4 aliphatic heterocycles. The van der Waals surface area contributed by atoms with Crippen molar-refractivity contribution in [3.05, 3.63) is 58.7 Å². The molecule has 0 aliphatic carbocycles. The van der Waals surface area contributed by atoms with Crippen LogP contribution in [0.4, 0.5) is 14.4 Å². The molecule has 0 saturated carbocycles. The number of carbonyl (C=O) groups excluding carboxylic acids is 5. The number of carbonyl (C=O) groups is 5. The van der Waals surface area contributed by atoms with Crippen molar-refractivity contribution in [3.8, 4) is 11.5 Å². The monoisotopic (exact) mass is 742 g/mol. The Hall–Kier alpha value is -4.56. The summed E-state index contributed by atoms with van der Waals surface area (Å²) in [7, 11) is 3.19. The van der Waals surface area contributed by atoms with E-state index in [0.29, 0.717) is 44.5 Å². The molecule has 284 valence electrons. The van der Waals surface area contributed by atoms with Gasteiger partial charge in [0, 0.05) is 13.1 Å². The van der Waals surface area contributed by atoms with Crippen LogP contribution >= 0.6 is 12.4 Å². The summed E-state index contributed by atoms with van der Waals surface area (Å²) in [6.07, 6.45) is 1.62. The Morgan fingerprint density at radius 2 is 1.13 bits per heavy atom. The van der Waals surface area contributed by atoms with Crippen molar-refractivity contribution in [3.63, 3.8) is 0 Å². The summed E-state index contributed by atoms with van der Waals surface area (Å²) in [5.41, 5.74) is 1.51. The van der Waals surface area contributed by atoms with E-state index in [1.54, 1.807) is 19.1 Å². The Kier molecular flexibility index (Phi) is 12.4. The highest BCUT2D eigenvalue weighted by molar-refractivity contribution is 6.07. The van der Waals surface area contributed by atoms with E-state index in [4.69, 9.17) is 14.2 Å². The quantitative estimate of drug-likeness (QED) is 0.365. The van der Waals surface area contributed by atoms with Gasteiger partial charge in [0.2, 0.25) is 0 Å². The molecule has 15 heteroatoms. The van der Waals surface area contributed by atoms with E-state index in [2.05, 4.69) is 16.0 Å². The van der Waals surface area contributed by atoms with Crippen LogP contribution in [0.2, 0.25) is 0 Å².